The summed E-state index contributed by atoms with van der Waals surface area (Å²) in [4.78, 5) is 23.9. The maximum absolute atomic E-state index is 12.0. The van der Waals surface area contributed by atoms with Crippen molar-refractivity contribution in [2.45, 2.75) is 19.8 Å². The topological polar surface area (TPSA) is 110 Å². The maximum atomic E-state index is 12.0. The van der Waals surface area contributed by atoms with Gasteiger partial charge in [0, 0.05) is 11.5 Å². The number of fused-ring (bicyclic) bond motifs is 1. The van der Waals surface area contributed by atoms with Crippen LogP contribution >= 0.6 is 0 Å². The minimum atomic E-state index is -0.678. The summed E-state index contributed by atoms with van der Waals surface area (Å²) in [5.41, 5.74) is 1.59. The van der Waals surface area contributed by atoms with Crippen LogP contribution in [-0.2, 0) is 9.53 Å². The van der Waals surface area contributed by atoms with Gasteiger partial charge in [0.05, 0.1) is 11.2 Å². The fraction of sp³-hybridized carbons (Fsp3) is 0.250. The summed E-state index contributed by atoms with van der Waals surface area (Å²) in [6, 6.07) is 8.79. The first kappa shape index (κ1) is 15.7. The van der Waals surface area contributed by atoms with Crippen molar-refractivity contribution in [3.63, 3.8) is 0 Å². The van der Waals surface area contributed by atoms with Crippen LogP contribution in [-0.4, -0.2) is 33.8 Å². The lowest BCUT2D eigenvalue weighted by Crippen LogP contribution is -2.21. The number of anilines is 1. The number of carbonyl (C=O) groups excluding carboxylic acids is 2. The van der Waals surface area contributed by atoms with Gasteiger partial charge in [-0.05, 0) is 12.0 Å². The average molecular weight is 328 g/mol. The summed E-state index contributed by atoms with van der Waals surface area (Å²) < 4.78 is 9.98. The first-order chi connectivity index (χ1) is 11.5. The molecule has 2 aromatic heterocycles. The lowest BCUT2D eigenvalue weighted by Gasteiger charge is -2.02. The summed E-state index contributed by atoms with van der Waals surface area (Å²) in [5.74, 6) is -0.798. The summed E-state index contributed by atoms with van der Waals surface area (Å²) in [6.07, 6.45) is 0. The minimum absolute atomic E-state index is 0.139. The number of aromatic nitrogens is 3. The van der Waals surface area contributed by atoms with E-state index in [4.69, 9.17) is 9.26 Å². The number of rotatable bonds is 5. The van der Waals surface area contributed by atoms with Crippen molar-refractivity contribution in [1.29, 1.82) is 0 Å². The number of H-pyrrole nitrogens is 1. The van der Waals surface area contributed by atoms with Gasteiger partial charge < -0.3 is 9.26 Å². The molecule has 0 saturated heterocycles. The van der Waals surface area contributed by atoms with E-state index in [1.807, 2.05) is 19.9 Å². The molecule has 0 aliphatic carbocycles. The molecule has 0 aliphatic rings. The Morgan fingerprint density at radius 1 is 1.33 bits per heavy atom. The van der Waals surface area contributed by atoms with E-state index in [2.05, 4.69) is 20.7 Å². The fourth-order valence-corrected chi connectivity index (χ4v) is 2.11. The smallest absolute Gasteiger partial charge is 0.359 e. The van der Waals surface area contributed by atoms with Crippen LogP contribution in [0.4, 0.5) is 5.88 Å². The number of amides is 1. The molecule has 8 nitrogen and oxygen atoms in total. The van der Waals surface area contributed by atoms with E-state index < -0.39 is 18.5 Å². The first-order valence-corrected chi connectivity index (χ1v) is 7.41. The second-order valence-corrected chi connectivity index (χ2v) is 5.51. The van der Waals surface area contributed by atoms with Crippen molar-refractivity contribution >= 4 is 28.7 Å². The highest BCUT2D eigenvalue weighted by atomic mass is 16.5. The van der Waals surface area contributed by atoms with E-state index in [1.54, 1.807) is 24.3 Å². The van der Waals surface area contributed by atoms with Crippen LogP contribution in [0.3, 0.4) is 0 Å². The summed E-state index contributed by atoms with van der Waals surface area (Å²) in [6.45, 7) is 3.47. The van der Waals surface area contributed by atoms with Gasteiger partial charge in [-0.1, -0.05) is 37.2 Å². The lowest BCUT2D eigenvalue weighted by atomic mass is 10.1. The van der Waals surface area contributed by atoms with Gasteiger partial charge in [0.15, 0.2) is 12.3 Å². The Kier molecular flexibility index (Phi) is 4.28. The molecule has 1 amide bonds. The molecule has 1 aromatic carbocycles. The standard InChI is InChI=1S/C16H16N4O4/c1-9(2)12-7-14(24-20-12)17-13(21)8-23-16(22)15-10-5-3-4-6-11(10)18-19-15/h3-7,9H,8H2,1-2H3,(H,17,21)(H,18,19). The lowest BCUT2D eigenvalue weighted by molar-refractivity contribution is -0.119. The van der Waals surface area contributed by atoms with Crippen LogP contribution in [0.1, 0.15) is 35.9 Å². The third-order valence-corrected chi connectivity index (χ3v) is 3.38. The molecule has 8 heteroatoms. The van der Waals surface area contributed by atoms with Gasteiger partial charge in [-0.15, -0.1) is 0 Å². The van der Waals surface area contributed by atoms with Crippen LogP contribution in [0.2, 0.25) is 0 Å². The van der Waals surface area contributed by atoms with Gasteiger partial charge in [-0.2, -0.15) is 5.10 Å². The Balaban J connectivity index is 1.58. The van der Waals surface area contributed by atoms with Gasteiger partial charge >= 0.3 is 5.97 Å². The maximum Gasteiger partial charge on any atom is 0.359 e. The van der Waals surface area contributed by atoms with Gasteiger partial charge in [0.2, 0.25) is 5.88 Å². The van der Waals surface area contributed by atoms with Gasteiger partial charge in [-0.3, -0.25) is 15.2 Å². The number of nitrogens with zero attached hydrogens (tertiary/aromatic N) is 2. The molecule has 24 heavy (non-hydrogen) atoms. The first-order valence-electron chi connectivity index (χ1n) is 7.41. The van der Waals surface area contributed by atoms with Gasteiger partial charge in [0.25, 0.3) is 5.91 Å². The Labute approximate surface area is 137 Å². The van der Waals surface area contributed by atoms with E-state index in [0.717, 1.165) is 11.2 Å². The predicted molar refractivity (Wildman–Crippen MR) is 85.6 cm³/mol. The number of benzene rings is 1. The molecule has 0 saturated carbocycles. The molecule has 2 heterocycles. The summed E-state index contributed by atoms with van der Waals surface area (Å²) in [5, 5.41) is 13.6. The highest BCUT2D eigenvalue weighted by Crippen LogP contribution is 2.18. The number of hydrogen-bond acceptors (Lipinski definition) is 6. The molecule has 124 valence electrons. The third-order valence-electron chi connectivity index (χ3n) is 3.38. The van der Waals surface area contributed by atoms with Crippen molar-refractivity contribution < 1.29 is 18.8 Å². The second kappa shape index (κ2) is 6.53. The molecule has 2 N–H and O–H groups in total. The number of esters is 1. The van der Waals surface area contributed by atoms with Crippen molar-refractivity contribution in [3.05, 3.63) is 41.7 Å². The Morgan fingerprint density at radius 2 is 2.12 bits per heavy atom. The molecule has 0 atom stereocenters. The van der Waals surface area contributed by atoms with E-state index in [-0.39, 0.29) is 17.5 Å². The van der Waals surface area contributed by atoms with Crippen LogP contribution in [0, 0.1) is 0 Å². The zero-order valence-electron chi connectivity index (χ0n) is 13.2. The molecule has 0 unspecified atom stereocenters. The Morgan fingerprint density at radius 3 is 2.88 bits per heavy atom. The molecule has 0 fully saturated rings. The zero-order valence-corrected chi connectivity index (χ0v) is 13.2. The molecule has 3 rings (SSSR count). The number of hydrogen-bond donors (Lipinski definition) is 2. The number of ether oxygens (including phenoxy) is 1. The van der Waals surface area contributed by atoms with Crippen molar-refractivity contribution in [1.82, 2.24) is 15.4 Å². The molecular weight excluding hydrogens is 312 g/mol. The Bertz CT molecular complexity index is 881. The van der Waals surface area contributed by atoms with Crippen LogP contribution in [0.25, 0.3) is 10.9 Å². The summed E-state index contributed by atoms with van der Waals surface area (Å²) >= 11 is 0. The summed E-state index contributed by atoms with van der Waals surface area (Å²) in [7, 11) is 0. The highest BCUT2D eigenvalue weighted by molar-refractivity contribution is 6.02. The number of carbonyl (C=O) groups is 2. The SMILES string of the molecule is CC(C)c1cc(NC(=O)COC(=O)c2n[nH]c3ccccc23)on1. The van der Waals surface area contributed by atoms with E-state index >= 15 is 0 Å². The molecule has 3 aromatic rings. The monoisotopic (exact) mass is 328 g/mol. The van der Waals surface area contributed by atoms with E-state index in [9.17, 15) is 9.59 Å². The quantitative estimate of drug-likeness (QED) is 0.696. The van der Waals surface area contributed by atoms with Crippen molar-refractivity contribution in [3.8, 4) is 0 Å². The van der Waals surface area contributed by atoms with Gasteiger partial charge in [0.1, 0.15) is 0 Å². The zero-order chi connectivity index (χ0) is 17.1. The third kappa shape index (κ3) is 3.27. The van der Waals surface area contributed by atoms with Crippen molar-refractivity contribution in [2.24, 2.45) is 0 Å². The van der Waals surface area contributed by atoms with E-state index in [0.29, 0.717) is 5.39 Å². The highest BCUT2D eigenvalue weighted by Gasteiger charge is 2.17. The van der Waals surface area contributed by atoms with Gasteiger partial charge in [-0.25, -0.2) is 4.79 Å². The fourth-order valence-electron chi connectivity index (χ4n) is 2.11. The minimum Gasteiger partial charge on any atom is -0.451 e. The molecular formula is C16H16N4O4. The largest absolute Gasteiger partial charge is 0.451 e. The molecule has 0 aliphatic heterocycles. The second-order valence-electron chi connectivity index (χ2n) is 5.51. The molecule has 0 bridgehead atoms. The normalized spacial score (nSPS) is 11.0. The van der Waals surface area contributed by atoms with Crippen LogP contribution in [0.15, 0.2) is 34.9 Å². The molecule has 0 spiro atoms. The van der Waals surface area contributed by atoms with Crippen LogP contribution in [0.5, 0.6) is 0 Å². The predicted octanol–water partition coefficient (Wildman–Crippen LogP) is 2.47. The number of para-hydroxylation sites is 1. The van der Waals surface area contributed by atoms with Crippen molar-refractivity contribution in [2.75, 3.05) is 11.9 Å². The van der Waals surface area contributed by atoms with Crippen LogP contribution < -0.4 is 5.32 Å². The number of nitrogens with one attached hydrogen (secondary N) is 2. The number of aromatic amines is 1. The Hall–Kier alpha value is -3.16. The average Bonchev–Trinajstić information content (AvgIpc) is 3.19. The molecule has 0 radical (unpaired) electrons. The van der Waals surface area contributed by atoms with E-state index in [1.165, 1.54) is 0 Å².